The Bertz CT molecular complexity index is 1450. The SMILES string of the molecule is O=C(C(NS(=O)c1ccc(OCC2CCCCC2)cc1)C(F)(F)c1ccc(-c2ccc(Cl)cc2)cc1)N1CC[C@@H]2CNC[C@@H]21. The Morgan fingerprint density at radius 1 is 0.955 bits per heavy atom. The number of hydrogen-bond donors (Lipinski definition) is 2. The highest BCUT2D eigenvalue weighted by Gasteiger charge is 2.51. The summed E-state index contributed by atoms with van der Waals surface area (Å²) in [4.78, 5) is 15.7. The van der Waals surface area contributed by atoms with Crippen molar-refractivity contribution in [2.45, 2.75) is 61.4 Å². The number of hydrogen-bond acceptors (Lipinski definition) is 4. The van der Waals surface area contributed by atoms with Crippen molar-refractivity contribution in [3.05, 3.63) is 83.4 Å². The van der Waals surface area contributed by atoms with Crippen LogP contribution in [0.25, 0.3) is 11.1 Å². The molecule has 0 radical (unpaired) electrons. The van der Waals surface area contributed by atoms with Gasteiger partial charge in [-0.05, 0) is 78.6 Å². The number of fused-ring (bicyclic) bond motifs is 1. The van der Waals surface area contributed by atoms with Crippen LogP contribution in [0.2, 0.25) is 5.02 Å². The Hall–Kier alpha value is -2.85. The van der Waals surface area contributed by atoms with Crippen LogP contribution in [-0.2, 0) is 21.7 Å². The highest BCUT2D eigenvalue weighted by Crippen LogP contribution is 2.37. The van der Waals surface area contributed by atoms with Crippen LogP contribution in [0, 0.1) is 11.8 Å². The van der Waals surface area contributed by atoms with Crippen LogP contribution >= 0.6 is 11.6 Å². The molecule has 3 aromatic carbocycles. The number of likely N-dealkylation sites (tertiary alicyclic amines) is 1. The second-order valence-electron chi connectivity index (χ2n) is 12.1. The van der Waals surface area contributed by atoms with Crippen LogP contribution in [0.5, 0.6) is 5.75 Å². The Labute approximate surface area is 265 Å². The number of nitrogens with one attached hydrogen (secondary N) is 2. The van der Waals surface area contributed by atoms with Gasteiger partial charge in [0.1, 0.15) is 16.7 Å². The van der Waals surface area contributed by atoms with Crippen molar-refractivity contribution in [2.24, 2.45) is 11.8 Å². The molecule has 0 spiro atoms. The Morgan fingerprint density at radius 3 is 2.30 bits per heavy atom. The second kappa shape index (κ2) is 13.6. The fourth-order valence-corrected chi connectivity index (χ4v) is 7.77. The van der Waals surface area contributed by atoms with Gasteiger partial charge in [0.15, 0.2) is 6.04 Å². The molecular formula is C34H38ClF2N3O3S. The van der Waals surface area contributed by atoms with E-state index in [1.54, 1.807) is 48.5 Å². The minimum atomic E-state index is -3.64. The van der Waals surface area contributed by atoms with Gasteiger partial charge in [0.2, 0.25) is 5.91 Å². The quantitative estimate of drug-likeness (QED) is 0.263. The Kier molecular flexibility index (Phi) is 9.66. The zero-order chi connectivity index (χ0) is 30.7. The summed E-state index contributed by atoms with van der Waals surface area (Å²) < 4.78 is 54.7. The molecule has 2 unspecified atom stereocenters. The molecule has 0 bridgehead atoms. The van der Waals surface area contributed by atoms with E-state index in [1.807, 2.05) is 12.1 Å². The molecule has 234 valence electrons. The van der Waals surface area contributed by atoms with Crippen LogP contribution in [-0.4, -0.2) is 53.3 Å². The third kappa shape index (κ3) is 6.86. The van der Waals surface area contributed by atoms with Gasteiger partial charge >= 0.3 is 0 Å². The van der Waals surface area contributed by atoms with Gasteiger partial charge in [-0.1, -0.05) is 67.3 Å². The first-order chi connectivity index (χ1) is 21.3. The summed E-state index contributed by atoms with van der Waals surface area (Å²) in [6.45, 7) is 2.36. The number of ether oxygens (including phenoxy) is 1. The third-order valence-corrected chi connectivity index (χ3v) is 10.7. The first-order valence-corrected chi connectivity index (χ1v) is 17.0. The number of halogens is 3. The van der Waals surface area contributed by atoms with E-state index in [9.17, 15) is 9.00 Å². The number of alkyl halides is 2. The average molecular weight is 642 g/mol. The van der Waals surface area contributed by atoms with Crippen LogP contribution in [0.15, 0.2) is 77.7 Å². The maximum absolute atomic E-state index is 16.4. The van der Waals surface area contributed by atoms with Gasteiger partial charge < -0.3 is 15.0 Å². The molecule has 1 saturated carbocycles. The van der Waals surface area contributed by atoms with E-state index in [0.29, 0.717) is 41.3 Å². The maximum atomic E-state index is 16.4. The van der Waals surface area contributed by atoms with Crippen molar-refractivity contribution < 1.29 is 22.5 Å². The molecule has 3 aliphatic rings. The van der Waals surface area contributed by atoms with E-state index in [-0.39, 0.29) is 17.5 Å². The van der Waals surface area contributed by atoms with E-state index < -0.39 is 28.9 Å². The lowest BCUT2D eigenvalue weighted by molar-refractivity contribution is -0.145. The van der Waals surface area contributed by atoms with Crippen molar-refractivity contribution in [2.75, 3.05) is 26.2 Å². The smallest absolute Gasteiger partial charge is 0.298 e. The van der Waals surface area contributed by atoms with Gasteiger partial charge in [-0.25, -0.2) is 8.93 Å². The largest absolute Gasteiger partial charge is 0.493 e. The number of carbonyl (C=O) groups is 1. The average Bonchev–Trinajstić information content (AvgIpc) is 3.68. The zero-order valence-electron chi connectivity index (χ0n) is 24.5. The molecule has 0 aromatic heterocycles. The second-order valence-corrected chi connectivity index (χ2v) is 13.8. The van der Waals surface area contributed by atoms with E-state index in [2.05, 4.69) is 10.0 Å². The third-order valence-electron chi connectivity index (χ3n) is 9.26. The minimum Gasteiger partial charge on any atom is -0.493 e. The lowest BCUT2D eigenvalue weighted by Gasteiger charge is -2.32. The van der Waals surface area contributed by atoms with Gasteiger partial charge in [0, 0.05) is 36.3 Å². The van der Waals surface area contributed by atoms with Crippen molar-refractivity contribution in [3.63, 3.8) is 0 Å². The first kappa shape index (κ1) is 31.1. The summed E-state index contributed by atoms with van der Waals surface area (Å²) in [5.41, 5.74) is 1.25. The van der Waals surface area contributed by atoms with E-state index in [1.165, 1.54) is 36.3 Å². The molecule has 44 heavy (non-hydrogen) atoms. The predicted molar refractivity (Wildman–Crippen MR) is 169 cm³/mol. The summed E-state index contributed by atoms with van der Waals surface area (Å²) >= 11 is 6.00. The molecule has 6 rings (SSSR count). The first-order valence-electron chi connectivity index (χ1n) is 15.5. The number of rotatable bonds is 10. The van der Waals surface area contributed by atoms with Gasteiger partial charge in [0.25, 0.3) is 5.92 Å². The number of benzene rings is 3. The fourth-order valence-electron chi connectivity index (χ4n) is 6.66. The molecule has 1 aliphatic carbocycles. The van der Waals surface area contributed by atoms with Gasteiger partial charge in [-0.3, -0.25) is 4.79 Å². The molecule has 1 amide bonds. The monoisotopic (exact) mass is 641 g/mol. The van der Waals surface area contributed by atoms with Crippen molar-refractivity contribution in [1.82, 2.24) is 14.9 Å². The molecule has 10 heteroatoms. The summed E-state index contributed by atoms with van der Waals surface area (Å²) in [6, 6.07) is 17.4. The summed E-state index contributed by atoms with van der Waals surface area (Å²) in [5.74, 6) is -2.97. The van der Waals surface area contributed by atoms with Crippen molar-refractivity contribution >= 4 is 28.5 Å². The lowest BCUT2D eigenvalue weighted by Crippen LogP contribution is -2.56. The molecule has 2 heterocycles. The van der Waals surface area contributed by atoms with E-state index >= 15 is 8.78 Å². The normalized spacial score (nSPS) is 22.0. The van der Waals surface area contributed by atoms with Gasteiger partial charge in [0.05, 0.1) is 11.5 Å². The summed E-state index contributed by atoms with van der Waals surface area (Å²) in [6.07, 6.45) is 6.80. The highest BCUT2D eigenvalue weighted by molar-refractivity contribution is 7.83. The molecule has 3 aromatic rings. The van der Waals surface area contributed by atoms with E-state index in [0.717, 1.165) is 36.9 Å². The summed E-state index contributed by atoms with van der Waals surface area (Å²) in [7, 11) is -2.07. The van der Waals surface area contributed by atoms with Gasteiger partial charge in [-0.2, -0.15) is 8.78 Å². The minimum absolute atomic E-state index is 0.149. The zero-order valence-corrected chi connectivity index (χ0v) is 26.1. The molecule has 6 nitrogen and oxygen atoms in total. The number of carbonyl (C=O) groups excluding carboxylic acids is 1. The topological polar surface area (TPSA) is 70.7 Å². The number of amides is 1. The van der Waals surface area contributed by atoms with Gasteiger partial charge in [-0.15, -0.1) is 0 Å². The molecule has 3 fully saturated rings. The van der Waals surface area contributed by atoms with Crippen LogP contribution < -0.4 is 14.8 Å². The van der Waals surface area contributed by atoms with Crippen LogP contribution in [0.3, 0.4) is 0 Å². The van der Waals surface area contributed by atoms with Crippen molar-refractivity contribution in [1.29, 1.82) is 0 Å². The predicted octanol–water partition coefficient (Wildman–Crippen LogP) is 6.56. The fraction of sp³-hybridized carbons (Fsp3) is 0.441. The van der Waals surface area contributed by atoms with Crippen LogP contribution in [0.1, 0.15) is 44.1 Å². The highest BCUT2D eigenvalue weighted by atomic mass is 35.5. The lowest BCUT2D eigenvalue weighted by atomic mass is 9.90. The summed E-state index contributed by atoms with van der Waals surface area (Å²) in [5, 5.41) is 3.85. The van der Waals surface area contributed by atoms with E-state index in [4.69, 9.17) is 16.3 Å². The Balaban J connectivity index is 1.21. The molecular weight excluding hydrogens is 604 g/mol. The number of nitrogens with zero attached hydrogens (tertiary/aromatic N) is 1. The van der Waals surface area contributed by atoms with Crippen molar-refractivity contribution in [3.8, 4) is 16.9 Å². The molecule has 4 atom stereocenters. The molecule has 2 N–H and O–H groups in total. The van der Waals surface area contributed by atoms with Crippen LogP contribution in [0.4, 0.5) is 8.78 Å². The Morgan fingerprint density at radius 2 is 1.61 bits per heavy atom. The maximum Gasteiger partial charge on any atom is 0.298 e. The standard InChI is InChI=1S/C34H38ClF2N3O3S/c35-28-12-8-25(9-13-28)24-6-10-27(11-7-24)34(36,37)32(33(41)40-19-18-26-20-38-21-31(26)40)39-44(42)30-16-14-29(15-17-30)43-22-23-4-2-1-3-5-23/h6-17,23,26,31-32,38-39H,1-5,18-22H2/t26-,31+,32?,44?/m1/s1. The molecule has 2 aliphatic heterocycles. The molecule has 2 saturated heterocycles.